The molecule has 180 valence electrons. The van der Waals surface area contributed by atoms with Gasteiger partial charge in [0, 0.05) is 37.8 Å². The van der Waals surface area contributed by atoms with Crippen LogP contribution in [-0.4, -0.2) is 47.8 Å². The molecule has 0 saturated carbocycles. The maximum atomic E-state index is 14.4. The molecule has 2 aromatic rings. The summed E-state index contributed by atoms with van der Waals surface area (Å²) in [5.74, 6) is -7.08. The lowest BCUT2D eigenvalue weighted by atomic mass is 9.77. The lowest BCUT2D eigenvalue weighted by molar-refractivity contribution is -0.125. The summed E-state index contributed by atoms with van der Waals surface area (Å²) in [6.07, 6.45) is 4.06. The highest BCUT2D eigenvalue weighted by Gasteiger charge is 2.43. The Labute approximate surface area is 193 Å². The van der Waals surface area contributed by atoms with Crippen molar-refractivity contribution >= 4 is 17.9 Å². The predicted octanol–water partition coefficient (Wildman–Crippen LogP) is 4.86. The van der Waals surface area contributed by atoms with Gasteiger partial charge in [0.25, 0.3) is 5.91 Å². The van der Waals surface area contributed by atoms with E-state index in [0.717, 1.165) is 30.4 Å². The van der Waals surface area contributed by atoms with Gasteiger partial charge >= 0.3 is 0 Å². The largest absolute Gasteiger partial charge is 0.339 e. The lowest BCUT2D eigenvalue weighted by Crippen LogP contribution is -2.45. The standard InChI is InChI=1S/C25H23F5N2O2/c1-15-2-5-17(26)20(21(15)28)24(34)31-11-8-25(9-12-31)10-13-32(14-25)19(33)7-4-16-3-6-18(27)23(30)22(16)29/h2-7H,8-14H2,1H3. The average Bonchev–Trinajstić information content (AvgIpc) is 3.23. The van der Waals surface area contributed by atoms with E-state index >= 15 is 0 Å². The maximum absolute atomic E-state index is 14.4. The number of hydrogen-bond donors (Lipinski definition) is 0. The van der Waals surface area contributed by atoms with Crippen molar-refractivity contribution in [2.45, 2.75) is 26.2 Å². The second-order valence-corrected chi connectivity index (χ2v) is 8.95. The monoisotopic (exact) mass is 478 g/mol. The van der Waals surface area contributed by atoms with Crippen molar-refractivity contribution in [1.82, 2.24) is 9.80 Å². The van der Waals surface area contributed by atoms with Gasteiger partial charge in [-0.25, -0.2) is 22.0 Å². The van der Waals surface area contributed by atoms with Crippen molar-refractivity contribution < 1.29 is 31.5 Å². The van der Waals surface area contributed by atoms with Crippen molar-refractivity contribution in [1.29, 1.82) is 0 Å². The van der Waals surface area contributed by atoms with Crippen LogP contribution in [0.15, 0.2) is 30.3 Å². The summed E-state index contributed by atoms with van der Waals surface area (Å²) in [7, 11) is 0. The van der Waals surface area contributed by atoms with E-state index in [9.17, 15) is 31.5 Å². The van der Waals surface area contributed by atoms with Crippen LogP contribution in [0.25, 0.3) is 6.08 Å². The Morgan fingerprint density at radius 2 is 1.44 bits per heavy atom. The first-order valence-electron chi connectivity index (χ1n) is 11.0. The van der Waals surface area contributed by atoms with Crippen LogP contribution in [-0.2, 0) is 4.79 Å². The number of rotatable bonds is 3. The van der Waals surface area contributed by atoms with Crippen LogP contribution >= 0.6 is 0 Å². The summed E-state index contributed by atoms with van der Waals surface area (Å²) in [6.45, 7) is 2.97. The molecule has 4 rings (SSSR count). The van der Waals surface area contributed by atoms with Gasteiger partial charge in [0.05, 0.1) is 0 Å². The molecule has 0 N–H and O–H groups in total. The van der Waals surface area contributed by atoms with Gasteiger partial charge in [-0.05, 0) is 61.4 Å². The van der Waals surface area contributed by atoms with Gasteiger partial charge in [-0.1, -0.05) is 6.07 Å². The van der Waals surface area contributed by atoms with Gasteiger partial charge in [0.2, 0.25) is 5.91 Å². The molecule has 2 fully saturated rings. The minimum atomic E-state index is -1.60. The van der Waals surface area contributed by atoms with Gasteiger partial charge in [-0.3, -0.25) is 9.59 Å². The predicted molar refractivity (Wildman–Crippen MR) is 115 cm³/mol. The zero-order chi connectivity index (χ0) is 24.6. The molecule has 34 heavy (non-hydrogen) atoms. The summed E-state index contributed by atoms with van der Waals surface area (Å²) in [6, 6.07) is 4.20. The Hall–Kier alpha value is -3.23. The Kier molecular flexibility index (Phi) is 6.47. The van der Waals surface area contributed by atoms with E-state index in [2.05, 4.69) is 0 Å². The summed E-state index contributed by atoms with van der Waals surface area (Å²) in [5.41, 5.74) is -0.811. The van der Waals surface area contributed by atoms with Crippen LogP contribution in [0.2, 0.25) is 0 Å². The van der Waals surface area contributed by atoms with Gasteiger partial charge in [0.15, 0.2) is 17.5 Å². The average molecular weight is 478 g/mol. The molecule has 0 aromatic heterocycles. The number of piperidine rings is 1. The molecule has 0 atom stereocenters. The zero-order valence-corrected chi connectivity index (χ0v) is 18.5. The van der Waals surface area contributed by atoms with E-state index in [-0.39, 0.29) is 22.4 Å². The van der Waals surface area contributed by atoms with Crippen LogP contribution in [0.3, 0.4) is 0 Å². The number of carbonyl (C=O) groups is 2. The van der Waals surface area contributed by atoms with Crippen LogP contribution in [0.5, 0.6) is 0 Å². The molecule has 2 aromatic carbocycles. The van der Waals surface area contributed by atoms with Crippen molar-refractivity contribution in [2.75, 3.05) is 26.2 Å². The van der Waals surface area contributed by atoms with Gasteiger partial charge in [-0.15, -0.1) is 0 Å². The molecule has 2 saturated heterocycles. The van der Waals surface area contributed by atoms with Crippen molar-refractivity contribution in [3.8, 4) is 0 Å². The number of likely N-dealkylation sites (tertiary alicyclic amines) is 2. The third-order valence-corrected chi connectivity index (χ3v) is 6.83. The highest BCUT2D eigenvalue weighted by Crippen LogP contribution is 2.41. The van der Waals surface area contributed by atoms with E-state index in [1.165, 1.54) is 17.9 Å². The molecule has 0 unspecified atom stereocenters. The van der Waals surface area contributed by atoms with Gasteiger partial charge < -0.3 is 9.80 Å². The molecule has 4 nitrogen and oxygen atoms in total. The summed E-state index contributed by atoms with van der Waals surface area (Å²) < 4.78 is 68.7. The van der Waals surface area contributed by atoms with Crippen LogP contribution in [0, 0.1) is 41.4 Å². The summed E-state index contributed by atoms with van der Waals surface area (Å²) >= 11 is 0. The van der Waals surface area contributed by atoms with Crippen LogP contribution in [0.4, 0.5) is 22.0 Å². The minimum Gasteiger partial charge on any atom is -0.339 e. The molecule has 0 aliphatic carbocycles. The van der Waals surface area contributed by atoms with Crippen molar-refractivity contribution in [3.05, 3.63) is 76.1 Å². The third-order valence-electron chi connectivity index (χ3n) is 6.83. The zero-order valence-electron chi connectivity index (χ0n) is 18.5. The number of hydrogen-bond acceptors (Lipinski definition) is 2. The maximum Gasteiger partial charge on any atom is 0.259 e. The highest BCUT2D eigenvalue weighted by atomic mass is 19.2. The van der Waals surface area contributed by atoms with Crippen molar-refractivity contribution in [3.63, 3.8) is 0 Å². The number of amides is 2. The molecule has 2 amide bonds. The molecular formula is C25H23F5N2O2. The molecule has 9 heteroatoms. The SMILES string of the molecule is Cc1ccc(F)c(C(=O)N2CCC3(CCN(C(=O)C=Cc4ccc(F)c(F)c4F)C3)CC2)c1F. The highest BCUT2D eigenvalue weighted by molar-refractivity contribution is 5.95. The number of aryl methyl sites for hydroxylation is 1. The van der Waals surface area contributed by atoms with E-state index in [1.807, 2.05) is 0 Å². The second kappa shape index (κ2) is 9.19. The fraction of sp³-hybridized carbons (Fsp3) is 0.360. The van der Waals surface area contributed by atoms with E-state index < -0.39 is 40.6 Å². The number of carbonyl (C=O) groups excluding carboxylic acids is 2. The molecular weight excluding hydrogens is 455 g/mol. The smallest absolute Gasteiger partial charge is 0.259 e. The summed E-state index contributed by atoms with van der Waals surface area (Å²) in [5, 5.41) is 0. The number of nitrogens with zero attached hydrogens (tertiary/aromatic N) is 2. The van der Waals surface area contributed by atoms with Crippen molar-refractivity contribution in [2.24, 2.45) is 5.41 Å². The first-order valence-corrected chi connectivity index (χ1v) is 11.0. The Bertz CT molecular complexity index is 1170. The van der Waals surface area contributed by atoms with Crippen LogP contribution < -0.4 is 0 Å². The normalized spacial score (nSPS) is 17.7. The lowest BCUT2D eigenvalue weighted by Gasteiger charge is -2.39. The Morgan fingerprint density at radius 3 is 2.12 bits per heavy atom. The third kappa shape index (κ3) is 4.43. The first-order chi connectivity index (χ1) is 16.1. The van der Waals surface area contributed by atoms with E-state index in [4.69, 9.17) is 0 Å². The Morgan fingerprint density at radius 1 is 0.824 bits per heavy atom. The first kappa shape index (κ1) is 23.9. The van der Waals surface area contributed by atoms with Gasteiger partial charge in [-0.2, -0.15) is 0 Å². The molecule has 2 aliphatic rings. The van der Waals surface area contributed by atoms with Gasteiger partial charge in [0.1, 0.15) is 17.2 Å². The number of halogens is 5. The number of benzene rings is 2. The molecule has 0 bridgehead atoms. The summed E-state index contributed by atoms with van der Waals surface area (Å²) in [4.78, 5) is 28.3. The minimum absolute atomic E-state index is 0.194. The van der Waals surface area contributed by atoms with Crippen LogP contribution in [0.1, 0.15) is 40.7 Å². The molecule has 1 spiro atoms. The second-order valence-electron chi connectivity index (χ2n) is 8.95. The quantitative estimate of drug-likeness (QED) is 0.359. The molecule has 2 aliphatic heterocycles. The molecule has 0 radical (unpaired) electrons. The fourth-order valence-electron chi connectivity index (χ4n) is 4.66. The van der Waals surface area contributed by atoms with E-state index in [1.54, 1.807) is 4.90 Å². The molecule has 2 heterocycles. The Balaban J connectivity index is 1.38. The fourth-order valence-corrected chi connectivity index (χ4v) is 4.66. The topological polar surface area (TPSA) is 40.6 Å². The van der Waals surface area contributed by atoms with E-state index in [0.29, 0.717) is 45.4 Å².